The Kier molecular flexibility index (Phi) is 3.93. The second-order valence-corrected chi connectivity index (χ2v) is 7.95. The van der Waals surface area contributed by atoms with E-state index in [0.717, 1.165) is 11.7 Å². The molecule has 4 rings (SSSR count). The predicted molar refractivity (Wildman–Crippen MR) is 93.7 cm³/mol. The number of aliphatic hydroxyl groups excluding tert-OH is 1. The molecular weight excluding hydrogens is 292 g/mol. The van der Waals surface area contributed by atoms with E-state index in [9.17, 15) is 0 Å². The van der Waals surface area contributed by atoms with E-state index >= 15 is 0 Å². The minimum absolute atomic E-state index is 0.297. The van der Waals surface area contributed by atoms with E-state index in [4.69, 9.17) is 5.11 Å². The third-order valence-corrected chi connectivity index (χ3v) is 6.58. The normalized spacial score (nSPS) is 28.0. The van der Waals surface area contributed by atoms with Crippen LogP contribution in [0.25, 0.3) is 10.9 Å². The number of H-pyrrole nitrogens is 1. The molecule has 0 radical (unpaired) electrons. The highest BCUT2D eigenvalue weighted by Crippen LogP contribution is 2.44. The van der Waals surface area contributed by atoms with E-state index in [2.05, 4.69) is 41.3 Å². The molecule has 1 aliphatic carbocycles. The first kappa shape index (κ1) is 14.6. The largest absolute Gasteiger partial charge is 0.396 e. The van der Waals surface area contributed by atoms with Crippen LogP contribution in [0.3, 0.4) is 0 Å². The smallest absolute Gasteiger partial charge is 0.0521 e. The first-order valence-electron chi connectivity index (χ1n) is 8.25. The van der Waals surface area contributed by atoms with Crippen LogP contribution in [0.4, 0.5) is 0 Å². The van der Waals surface area contributed by atoms with Crippen molar-refractivity contribution in [3.8, 4) is 0 Å². The number of aliphatic hydroxyl groups is 1. The molecule has 1 aliphatic heterocycles. The number of benzene rings is 1. The number of hydrogen-bond acceptors (Lipinski definition) is 3. The van der Waals surface area contributed by atoms with Gasteiger partial charge in [-0.05, 0) is 48.8 Å². The number of hydrogen-bond donors (Lipinski definition) is 2. The first-order valence-corrected chi connectivity index (χ1v) is 9.41. The number of likely N-dealkylation sites (tertiary alicyclic amines) is 1. The molecule has 118 valence electrons. The van der Waals surface area contributed by atoms with Crippen molar-refractivity contribution in [1.29, 1.82) is 0 Å². The van der Waals surface area contributed by atoms with Crippen molar-refractivity contribution >= 4 is 22.7 Å². The molecule has 3 nitrogen and oxygen atoms in total. The van der Waals surface area contributed by atoms with Crippen molar-refractivity contribution < 1.29 is 5.11 Å². The van der Waals surface area contributed by atoms with Gasteiger partial charge >= 0.3 is 0 Å². The molecule has 2 N–H and O–H groups in total. The third kappa shape index (κ3) is 2.38. The van der Waals surface area contributed by atoms with Crippen molar-refractivity contribution in [2.24, 2.45) is 5.92 Å². The summed E-state index contributed by atoms with van der Waals surface area (Å²) < 4.78 is 0. The van der Waals surface area contributed by atoms with Crippen LogP contribution >= 0.6 is 11.8 Å². The summed E-state index contributed by atoms with van der Waals surface area (Å²) in [5, 5.41) is 10.5. The summed E-state index contributed by atoms with van der Waals surface area (Å²) in [6.45, 7) is 1.49. The van der Waals surface area contributed by atoms with Crippen molar-refractivity contribution in [2.75, 3.05) is 31.7 Å². The van der Waals surface area contributed by atoms with Crippen LogP contribution in [-0.2, 0) is 6.42 Å². The zero-order valence-corrected chi connectivity index (χ0v) is 13.9. The fraction of sp³-hybridized carbons (Fsp3) is 0.556. The lowest BCUT2D eigenvalue weighted by Crippen LogP contribution is -2.48. The number of aromatic amines is 1. The lowest BCUT2D eigenvalue weighted by molar-refractivity contribution is 0.121. The van der Waals surface area contributed by atoms with E-state index in [1.807, 2.05) is 11.8 Å². The maximum atomic E-state index is 8.99. The van der Waals surface area contributed by atoms with Crippen LogP contribution < -0.4 is 0 Å². The molecule has 0 amide bonds. The van der Waals surface area contributed by atoms with E-state index < -0.39 is 0 Å². The van der Waals surface area contributed by atoms with Crippen molar-refractivity contribution in [3.05, 3.63) is 35.5 Å². The van der Waals surface area contributed by atoms with Crippen LogP contribution in [0.1, 0.15) is 23.5 Å². The summed E-state index contributed by atoms with van der Waals surface area (Å²) in [6, 6.07) is 7.38. The molecule has 2 heterocycles. The number of nitrogens with one attached hydrogen (secondary N) is 1. The Hall–Kier alpha value is -0.970. The van der Waals surface area contributed by atoms with Gasteiger partial charge in [0, 0.05) is 41.4 Å². The summed E-state index contributed by atoms with van der Waals surface area (Å²) >= 11 is 1.90. The van der Waals surface area contributed by atoms with Gasteiger partial charge in [0.25, 0.3) is 0 Å². The molecule has 0 saturated carbocycles. The number of piperidine rings is 1. The third-order valence-electron chi connectivity index (χ3n) is 5.40. The second kappa shape index (κ2) is 5.91. The fourth-order valence-corrected chi connectivity index (χ4v) is 5.36. The van der Waals surface area contributed by atoms with Crippen molar-refractivity contribution in [3.63, 3.8) is 0 Å². The maximum absolute atomic E-state index is 8.99. The Labute approximate surface area is 136 Å². The van der Waals surface area contributed by atoms with E-state index in [1.54, 1.807) is 5.56 Å². The summed E-state index contributed by atoms with van der Waals surface area (Å²) in [7, 11) is 2.29. The second-order valence-electron chi connectivity index (χ2n) is 6.80. The molecule has 2 aliphatic rings. The van der Waals surface area contributed by atoms with Gasteiger partial charge in [0.1, 0.15) is 0 Å². The molecule has 0 spiro atoms. The number of fused-ring (bicyclic) bond motifs is 2. The average molecular weight is 316 g/mol. The average Bonchev–Trinajstić information content (AvgIpc) is 2.94. The quantitative estimate of drug-likeness (QED) is 0.852. The highest BCUT2D eigenvalue weighted by Gasteiger charge is 2.39. The number of aromatic nitrogens is 1. The number of thioether (sulfide) groups is 1. The maximum Gasteiger partial charge on any atom is 0.0521 e. The molecule has 1 fully saturated rings. The van der Waals surface area contributed by atoms with Crippen LogP contribution in [0, 0.1) is 5.92 Å². The Morgan fingerprint density at radius 3 is 3.18 bits per heavy atom. The standard InChI is InChI=1S/C18H24N2OS/c1-20-10-12(11-22-6-5-21)7-15-14-3-2-4-16-18(14)13(9-19-16)8-17(15)20/h2-4,9,12,15,17,19,21H,5-8,10-11H2,1H3/t12?,15?,17-/m1/s1. The van der Waals surface area contributed by atoms with Gasteiger partial charge in [0.2, 0.25) is 0 Å². The topological polar surface area (TPSA) is 39.3 Å². The van der Waals surface area contributed by atoms with Gasteiger partial charge in [-0.15, -0.1) is 0 Å². The summed E-state index contributed by atoms with van der Waals surface area (Å²) in [6.07, 6.45) is 4.67. The van der Waals surface area contributed by atoms with Crippen LogP contribution in [0.2, 0.25) is 0 Å². The Morgan fingerprint density at radius 2 is 2.32 bits per heavy atom. The highest BCUT2D eigenvalue weighted by molar-refractivity contribution is 7.99. The lowest BCUT2D eigenvalue weighted by Gasteiger charge is -2.45. The number of rotatable bonds is 4. The predicted octanol–water partition coefficient (Wildman–Crippen LogP) is 2.85. The van der Waals surface area contributed by atoms with Crippen LogP contribution in [0.15, 0.2) is 24.4 Å². The molecule has 2 aromatic rings. The van der Waals surface area contributed by atoms with Gasteiger partial charge in [-0.25, -0.2) is 0 Å². The first-order chi connectivity index (χ1) is 10.8. The fourth-order valence-electron chi connectivity index (χ4n) is 4.49. The number of likely N-dealkylation sites (N-methyl/N-ethyl adjacent to an activating group) is 1. The summed E-state index contributed by atoms with van der Waals surface area (Å²) in [5.74, 6) is 3.43. The van der Waals surface area contributed by atoms with Gasteiger partial charge < -0.3 is 15.0 Å². The molecular formula is C18H24N2OS. The molecule has 1 saturated heterocycles. The van der Waals surface area contributed by atoms with E-state index in [0.29, 0.717) is 18.6 Å². The molecule has 0 bridgehead atoms. The summed E-state index contributed by atoms with van der Waals surface area (Å²) in [4.78, 5) is 6.02. The zero-order chi connectivity index (χ0) is 15.1. The molecule has 1 aromatic heterocycles. The molecule has 4 heteroatoms. The monoisotopic (exact) mass is 316 g/mol. The Bertz CT molecular complexity index is 668. The minimum atomic E-state index is 0.297. The Morgan fingerprint density at radius 1 is 1.41 bits per heavy atom. The Balaban J connectivity index is 1.63. The van der Waals surface area contributed by atoms with E-state index in [-0.39, 0.29) is 0 Å². The summed E-state index contributed by atoms with van der Waals surface area (Å²) in [5.41, 5.74) is 4.34. The van der Waals surface area contributed by atoms with E-state index in [1.165, 1.54) is 41.6 Å². The van der Waals surface area contributed by atoms with Crippen molar-refractivity contribution in [2.45, 2.75) is 24.8 Å². The molecule has 22 heavy (non-hydrogen) atoms. The van der Waals surface area contributed by atoms with Gasteiger partial charge in [-0.2, -0.15) is 11.8 Å². The van der Waals surface area contributed by atoms with Gasteiger partial charge in [-0.1, -0.05) is 12.1 Å². The SMILES string of the molecule is CN1CC(CSCCO)CC2c3cccc4[nH]cc(c34)C[C@H]21. The van der Waals surface area contributed by atoms with Crippen molar-refractivity contribution in [1.82, 2.24) is 9.88 Å². The zero-order valence-electron chi connectivity index (χ0n) is 13.1. The minimum Gasteiger partial charge on any atom is -0.396 e. The van der Waals surface area contributed by atoms with Gasteiger partial charge in [-0.3, -0.25) is 0 Å². The highest BCUT2D eigenvalue weighted by atomic mass is 32.2. The lowest BCUT2D eigenvalue weighted by atomic mass is 9.73. The number of nitrogens with zero attached hydrogens (tertiary/aromatic N) is 1. The van der Waals surface area contributed by atoms with Gasteiger partial charge in [0.15, 0.2) is 0 Å². The molecule has 2 unspecified atom stereocenters. The van der Waals surface area contributed by atoms with Gasteiger partial charge in [0.05, 0.1) is 6.61 Å². The van der Waals surface area contributed by atoms with Crippen LogP contribution in [0.5, 0.6) is 0 Å². The van der Waals surface area contributed by atoms with Crippen LogP contribution in [-0.4, -0.2) is 52.7 Å². The molecule has 1 aromatic carbocycles. The molecule has 3 atom stereocenters.